The van der Waals surface area contributed by atoms with Crippen LogP contribution in [0.1, 0.15) is 45.1 Å². The fourth-order valence-electron chi connectivity index (χ4n) is 3.57. The Morgan fingerprint density at radius 3 is 2.57 bits per heavy atom. The first-order valence-electron chi connectivity index (χ1n) is 8.16. The average molecular weight is 310 g/mol. The van der Waals surface area contributed by atoms with E-state index in [0.717, 1.165) is 36.8 Å². The van der Waals surface area contributed by atoms with Gasteiger partial charge in [-0.25, -0.2) is 0 Å². The number of nitrogens with one attached hydrogen (secondary N) is 1. The summed E-state index contributed by atoms with van der Waals surface area (Å²) in [6, 6.07) is 8.45. The summed E-state index contributed by atoms with van der Waals surface area (Å²) in [5.74, 6) is 0.816. The van der Waals surface area contributed by atoms with Gasteiger partial charge in [0.1, 0.15) is 0 Å². The SMILES string of the molecule is CCOC1(C(Cc2ccccc2Cl)NC)CCC(C)CC1. The van der Waals surface area contributed by atoms with Gasteiger partial charge in [0, 0.05) is 17.7 Å². The summed E-state index contributed by atoms with van der Waals surface area (Å²) in [4.78, 5) is 0. The second-order valence-electron chi connectivity index (χ2n) is 6.32. The number of hydrogen-bond donors (Lipinski definition) is 1. The molecule has 2 rings (SSSR count). The summed E-state index contributed by atoms with van der Waals surface area (Å²) >= 11 is 6.34. The van der Waals surface area contributed by atoms with Gasteiger partial charge < -0.3 is 10.1 Å². The highest BCUT2D eigenvalue weighted by Crippen LogP contribution is 2.38. The van der Waals surface area contributed by atoms with Gasteiger partial charge in [0.2, 0.25) is 0 Å². The average Bonchev–Trinajstić information content (AvgIpc) is 2.49. The van der Waals surface area contributed by atoms with Crippen LogP contribution in [0, 0.1) is 5.92 Å². The zero-order chi connectivity index (χ0) is 15.3. The lowest BCUT2D eigenvalue weighted by Gasteiger charge is -2.45. The van der Waals surface area contributed by atoms with Crippen LogP contribution in [0.4, 0.5) is 0 Å². The first kappa shape index (κ1) is 16.8. The third-order valence-corrected chi connectivity index (χ3v) is 5.29. The Hall–Kier alpha value is -0.570. The van der Waals surface area contributed by atoms with E-state index in [-0.39, 0.29) is 5.60 Å². The molecule has 21 heavy (non-hydrogen) atoms. The molecule has 0 spiro atoms. The van der Waals surface area contributed by atoms with Crippen LogP contribution in [0.3, 0.4) is 0 Å². The zero-order valence-corrected chi connectivity index (χ0v) is 14.2. The van der Waals surface area contributed by atoms with Crippen molar-refractivity contribution in [1.82, 2.24) is 5.32 Å². The minimum Gasteiger partial charge on any atom is -0.374 e. The van der Waals surface area contributed by atoms with Gasteiger partial charge in [-0.1, -0.05) is 36.7 Å². The van der Waals surface area contributed by atoms with Crippen molar-refractivity contribution in [2.24, 2.45) is 5.92 Å². The Balaban J connectivity index is 2.18. The third kappa shape index (κ3) is 4.00. The molecule has 0 saturated heterocycles. The van der Waals surface area contributed by atoms with Crippen molar-refractivity contribution in [3.8, 4) is 0 Å². The van der Waals surface area contributed by atoms with Crippen molar-refractivity contribution in [2.75, 3.05) is 13.7 Å². The fourth-order valence-corrected chi connectivity index (χ4v) is 3.78. The Kier molecular flexibility index (Phi) is 6.09. The normalized spacial score (nSPS) is 27.5. The molecule has 0 radical (unpaired) electrons. The highest BCUT2D eigenvalue weighted by molar-refractivity contribution is 6.31. The van der Waals surface area contributed by atoms with Gasteiger partial charge in [-0.15, -0.1) is 0 Å². The first-order chi connectivity index (χ1) is 10.1. The highest BCUT2D eigenvalue weighted by atomic mass is 35.5. The van der Waals surface area contributed by atoms with E-state index in [9.17, 15) is 0 Å². The van der Waals surface area contributed by atoms with E-state index in [1.165, 1.54) is 18.4 Å². The lowest BCUT2D eigenvalue weighted by Crippen LogP contribution is -2.54. The molecule has 1 N–H and O–H groups in total. The smallest absolute Gasteiger partial charge is 0.0837 e. The molecule has 1 unspecified atom stereocenters. The predicted molar refractivity (Wildman–Crippen MR) is 90.0 cm³/mol. The van der Waals surface area contributed by atoms with Crippen molar-refractivity contribution in [1.29, 1.82) is 0 Å². The molecule has 1 aliphatic carbocycles. The third-order valence-electron chi connectivity index (χ3n) is 4.92. The van der Waals surface area contributed by atoms with Crippen LogP contribution in [-0.4, -0.2) is 25.3 Å². The first-order valence-corrected chi connectivity index (χ1v) is 8.53. The largest absolute Gasteiger partial charge is 0.374 e. The molecule has 0 aromatic heterocycles. The molecule has 118 valence electrons. The number of halogens is 1. The minimum atomic E-state index is -0.0464. The molecule has 1 saturated carbocycles. The Labute approximate surface area is 134 Å². The van der Waals surface area contributed by atoms with Crippen LogP contribution in [0.15, 0.2) is 24.3 Å². The van der Waals surface area contributed by atoms with E-state index >= 15 is 0 Å². The van der Waals surface area contributed by atoms with Crippen LogP contribution in [-0.2, 0) is 11.2 Å². The molecule has 1 aromatic rings. The van der Waals surface area contributed by atoms with Gasteiger partial charge in [-0.3, -0.25) is 0 Å². The van der Waals surface area contributed by atoms with Crippen molar-refractivity contribution >= 4 is 11.6 Å². The summed E-state index contributed by atoms with van der Waals surface area (Å²) in [6.07, 6.45) is 5.70. The molecule has 1 fully saturated rings. The van der Waals surface area contributed by atoms with Crippen molar-refractivity contribution in [3.63, 3.8) is 0 Å². The highest BCUT2D eigenvalue weighted by Gasteiger charge is 2.41. The zero-order valence-electron chi connectivity index (χ0n) is 13.5. The van der Waals surface area contributed by atoms with Gasteiger partial charge >= 0.3 is 0 Å². The number of hydrogen-bond acceptors (Lipinski definition) is 2. The Morgan fingerprint density at radius 2 is 2.00 bits per heavy atom. The molecule has 0 heterocycles. The van der Waals surface area contributed by atoms with E-state index in [1.807, 2.05) is 19.2 Å². The van der Waals surface area contributed by atoms with Gasteiger partial charge in [0.25, 0.3) is 0 Å². The standard InChI is InChI=1S/C18H28ClNO/c1-4-21-18(11-9-14(2)10-12-18)17(20-3)13-15-7-5-6-8-16(15)19/h5-8,14,17,20H,4,9-13H2,1-3H3. The lowest BCUT2D eigenvalue weighted by atomic mass is 9.73. The van der Waals surface area contributed by atoms with Crippen LogP contribution >= 0.6 is 11.6 Å². The number of rotatable bonds is 6. The maximum atomic E-state index is 6.34. The summed E-state index contributed by atoms with van der Waals surface area (Å²) in [5.41, 5.74) is 1.16. The van der Waals surface area contributed by atoms with Crippen molar-refractivity contribution in [3.05, 3.63) is 34.9 Å². The van der Waals surface area contributed by atoms with E-state index < -0.39 is 0 Å². The molecule has 1 aliphatic rings. The summed E-state index contributed by atoms with van der Waals surface area (Å²) < 4.78 is 6.28. The van der Waals surface area contributed by atoms with Gasteiger partial charge in [0.15, 0.2) is 0 Å². The van der Waals surface area contributed by atoms with E-state index in [2.05, 4.69) is 31.3 Å². The Morgan fingerprint density at radius 1 is 1.33 bits per heavy atom. The molecule has 2 nitrogen and oxygen atoms in total. The van der Waals surface area contributed by atoms with Crippen LogP contribution in [0.5, 0.6) is 0 Å². The van der Waals surface area contributed by atoms with Crippen molar-refractivity contribution < 1.29 is 4.74 Å². The van der Waals surface area contributed by atoms with Gasteiger partial charge in [-0.2, -0.15) is 0 Å². The molecule has 0 bridgehead atoms. The van der Waals surface area contributed by atoms with E-state index in [4.69, 9.17) is 16.3 Å². The minimum absolute atomic E-state index is 0.0464. The monoisotopic (exact) mass is 309 g/mol. The van der Waals surface area contributed by atoms with Crippen LogP contribution < -0.4 is 5.32 Å². The summed E-state index contributed by atoms with van der Waals surface area (Å²) in [7, 11) is 2.04. The molecular weight excluding hydrogens is 282 g/mol. The van der Waals surface area contributed by atoms with Gasteiger partial charge in [-0.05, 0) is 63.6 Å². The quantitative estimate of drug-likeness (QED) is 0.838. The number of ether oxygens (including phenoxy) is 1. The number of benzene rings is 1. The fraction of sp³-hybridized carbons (Fsp3) is 0.667. The molecule has 0 aliphatic heterocycles. The number of likely N-dealkylation sites (N-methyl/N-ethyl adjacent to an activating group) is 1. The van der Waals surface area contributed by atoms with Crippen LogP contribution in [0.25, 0.3) is 0 Å². The van der Waals surface area contributed by atoms with E-state index in [0.29, 0.717) is 6.04 Å². The second-order valence-corrected chi connectivity index (χ2v) is 6.72. The molecular formula is C18H28ClNO. The molecule has 1 atom stereocenters. The molecule has 1 aromatic carbocycles. The van der Waals surface area contributed by atoms with Crippen LogP contribution in [0.2, 0.25) is 5.02 Å². The lowest BCUT2D eigenvalue weighted by molar-refractivity contribution is -0.0947. The van der Waals surface area contributed by atoms with E-state index in [1.54, 1.807) is 0 Å². The maximum Gasteiger partial charge on any atom is 0.0837 e. The predicted octanol–water partition coefficient (Wildman–Crippen LogP) is 4.46. The topological polar surface area (TPSA) is 21.3 Å². The molecule has 0 amide bonds. The summed E-state index contributed by atoms with van der Waals surface area (Å²) in [6.45, 7) is 5.22. The summed E-state index contributed by atoms with van der Waals surface area (Å²) in [5, 5.41) is 4.36. The maximum absolute atomic E-state index is 6.34. The molecule has 3 heteroatoms. The second kappa shape index (κ2) is 7.62. The van der Waals surface area contributed by atoms with Crippen molar-refractivity contribution in [2.45, 2.75) is 57.6 Å². The Bertz CT molecular complexity index is 441. The van der Waals surface area contributed by atoms with Gasteiger partial charge in [0.05, 0.1) is 5.60 Å².